The summed E-state index contributed by atoms with van der Waals surface area (Å²) in [6, 6.07) is 26.1. The van der Waals surface area contributed by atoms with Gasteiger partial charge < -0.3 is 9.47 Å². The van der Waals surface area contributed by atoms with Gasteiger partial charge in [0.15, 0.2) is 0 Å². The fourth-order valence-corrected chi connectivity index (χ4v) is 7.10. The van der Waals surface area contributed by atoms with E-state index in [4.69, 9.17) is 21.3 Å². The third kappa shape index (κ3) is 6.50. The Balaban J connectivity index is 1.70. The van der Waals surface area contributed by atoms with Gasteiger partial charge in [0.05, 0.1) is 6.61 Å². The van der Waals surface area contributed by atoms with Crippen molar-refractivity contribution in [3.8, 4) is 0 Å². The van der Waals surface area contributed by atoms with Gasteiger partial charge in [-0.25, -0.2) is 4.79 Å². The molecule has 33 heavy (non-hydrogen) atoms. The number of carbonyl (C=O) groups is 2. The summed E-state index contributed by atoms with van der Waals surface area (Å²) >= 11 is 6.36. The van der Waals surface area contributed by atoms with E-state index < -0.39 is 12.0 Å². The lowest BCUT2D eigenvalue weighted by atomic mass is 10.2. The van der Waals surface area contributed by atoms with Crippen molar-refractivity contribution in [1.29, 1.82) is 0 Å². The highest BCUT2D eigenvalue weighted by molar-refractivity contribution is 8.25. The number of carbonyl (C=O) groups excluding carboxylic acids is 2. The van der Waals surface area contributed by atoms with E-state index in [1.54, 1.807) is 6.92 Å². The lowest BCUT2D eigenvalue weighted by molar-refractivity contribution is -0.147. The van der Waals surface area contributed by atoms with Crippen LogP contribution in [0.3, 0.4) is 0 Å². The van der Waals surface area contributed by atoms with E-state index in [2.05, 4.69) is 36.9 Å². The minimum Gasteiger partial charge on any atom is -0.462 e. The Morgan fingerprint density at radius 1 is 0.848 bits per heavy atom. The molecule has 0 fully saturated rings. The van der Waals surface area contributed by atoms with Crippen LogP contribution in [0.1, 0.15) is 25.3 Å². The topological polar surface area (TPSA) is 52.6 Å². The Morgan fingerprint density at radius 2 is 1.42 bits per heavy atom. The molecule has 0 N–H and O–H groups in total. The molecule has 3 aromatic rings. The van der Waals surface area contributed by atoms with Crippen LogP contribution in [0, 0.1) is 0 Å². The third-order valence-electron chi connectivity index (χ3n) is 5.02. The molecule has 0 saturated carbocycles. The molecule has 0 amide bonds. The van der Waals surface area contributed by atoms with E-state index in [0.717, 1.165) is 21.5 Å². The van der Waals surface area contributed by atoms with Crippen LogP contribution in [0.2, 0.25) is 0 Å². The summed E-state index contributed by atoms with van der Waals surface area (Å²) in [5.74, 6) is -0.787. The molecule has 0 aromatic heterocycles. The summed E-state index contributed by atoms with van der Waals surface area (Å²) in [4.78, 5) is 23.5. The molecule has 0 saturated heterocycles. The maximum atomic E-state index is 12.1. The zero-order chi connectivity index (χ0) is 23.7. The van der Waals surface area contributed by atoms with Crippen molar-refractivity contribution >= 4 is 45.7 Å². The fourth-order valence-electron chi connectivity index (χ4n) is 3.31. The standard InChI is InChI=1S/C27H27O4PS/c1-21(2)27(29)30-18-10-17-26(28)31-20-22-11-9-16-25(19-22)32(33,23-12-5-3-6-13-23)24-14-7-4-8-15-24/h3-9,11-16,19H,1,10,17-18,20H2,2H3. The van der Waals surface area contributed by atoms with Crippen LogP contribution >= 0.6 is 6.04 Å². The predicted octanol–water partition coefficient (Wildman–Crippen LogP) is 4.39. The molecule has 0 spiro atoms. The molecule has 0 unspecified atom stereocenters. The number of benzene rings is 3. The van der Waals surface area contributed by atoms with Crippen LogP contribution in [0.5, 0.6) is 0 Å². The fraction of sp³-hybridized carbons (Fsp3) is 0.185. The van der Waals surface area contributed by atoms with Gasteiger partial charge in [-0.1, -0.05) is 97.2 Å². The first-order valence-corrected chi connectivity index (χ1v) is 13.5. The zero-order valence-electron chi connectivity index (χ0n) is 18.6. The molecule has 0 aliphatic heterocycles. The number of hydrogen-bond acceptors (Lipinski definition) is 5. The van der Waals surface area contributed by atoms with Crippen LogP contribution < -0.4 is 15.9 Å². The number of rotatable bonds is 10. The molecule has 3 rings (SSSR count). The van der Waals surface area contributed by atoms with E-state index in [1.165, 1.54) is 0 Å². The van der Waals surface area contributed by atoms with Gasteiger partial charge in [0, 0.05) is 18.0 Å². The van der Waals surface area contributed by atoms with Gasteiger partial charge in [0.25, 0.3) is 0 Å². The van der Waals surface area contributed by atoms with Crippen molar-refractivity contribution in [2.75, 3.05) is 6.61 Å². The van der Waals surface area contributed by atoms with Crippen LogP contribution in [-0.2, 0) is 37.5 Å². The predicted molar refractivity (Wildman–Crippen MR) is 137 cm³/mol. The maximum absolute atomic E-state index is 12.1. The summed E-state index contributed by atoms with van der Waals surface area (Å²) in [5.41, 5.74) is 1.22. The van der Waals surface area contributed by atoms with Gasteiger partial charge in [-0.3, -0.25) is 4.79 Å². The van der Waals surface area contributed by atoms with E-state index in [-0.39, 0.29) is 25.6 Å². The van der Waals surface area contributed by atoms with Crippen molar-refractivity contribution in [1.82, 2.24) is 0 Å². The molecule has 4 nitrogen and oxygen atoms in total. The van der Waals surface area contributed by atoms with E-state index in [9.17, 15) is 9.59 Å². The molecule has 3 aromatic carbocycles. The number of ether oxygens (including phenoxy) is 2. The largest absolute Gasteiger partial charge is 0.462 e. The van der Waals surface area contributed by atoms with Crippen molar-refractivity contribution in [3.63, 3.8) is 0 Å². The van der Waals surface area contributed by atoms with Gasteiger partial charge in [-0.15, -0.1) is 0 Å². The first-order valence-electron chi connectivity index (χ1n) is 10.7. The molecule has 0 bridgehead atoms. The average molecular weight is 479 g/mol. The van der Waals surface area contributed by atoms with Gasteiger partial charge in [0.2, 0.25) is 0 Å². The first kappa shape index (κ1) is 24.6. The third-order valence-corrected chi connectivity index (χ3v) is 9.97. The molecule has 0 atom stereocenters. The zero-order valence-corrected chi connectivity index (χ0v) is 20.3. The van der Waals surface area contributed by atoms with E-state index in [1.807, 2.05) is 54.6 Å². The van der Waals surface area contributed by atoms with Gasteiger partial charge in [-0.2, -0.15) is 0 Å². The molecular weight excluding hydrogens is 451 g/mol. The smallest absolute Gasteiger partial charge is 0.333 e. The summed E-state index contributed by atoms with van der Waals surface area (Å²) in [5, 5.41) is 3.28. The average Bonchev–Trinajstić information content (AvgIpc) is 2.86. The highest BCUT2D eigenvalue weighted by Gasteiger charge is 2.24. The Bertz CT molecular complexity index is 1120. The van der Waals surface area contributed by atoms with Gasteiger partial charge in [0.1, 0.15) is 6.61 Å². The molecule has 0 aliphatic rings. The summed E-state index contributed by atoms with van der Waals surface area (Å²) in [6.07, 6.45) is 0.579. The number of esters is 2. The first-order chi connectivity index (χ1) is 15.9. The van der Waals surface area contributed by atoms with Crippen LogP contribution in [0.15, 0.2) is 97.1 Å². The normalized spacial score (nSPS) is 10.9. The highest BCUT2D eigenvalue weighted by Crippen LogP contribution is 2.42. The SMILES string of the molecule is C=C(C)C(=O)OCCCC(=O)OCc1cccc(P(=S)(c2ccccc2)c2ccccc2)c1. The molecular formula is C27H27O4PS. The molecule has 0 radical (unpaired) electrons. The molecule has 6 heteroatoms. The van der Waals surface area contributed by atoms with E-state index in [0.29, 0.717) is 12.0 Å². The van der Waals surface area contributed by atoms with Gasteiger partial charge in [-0.05, 0) is 40.9 Å². The monoisotopic (exact) mass is 478 g/mol. The Labute approximate surface area is 200 Å². The molecule has 0 aliphatic carbocycles. The van der Waals surface area contributed by atoms with Crippen molar-refractivity contribution in [3.05, 3.63) is 103 Å². The lowest BCUT2D eigenvalue weighted by Gasteiger charge is -2.24. The number of hydrogen-bond donors (Lipinski definition) is 0. The second-order valence-electron chi connectivity index (χ2n) is 7.63. The molecule has 0 heterocycles. The Hall–Kier alpha value is -3.01. The van der Waals surface area contributed by atoms with Crippen LogP contribution in [0.25, 0.3) is 0 Å². The van der Waals surface area contributed by atoms with Crippen molar-refractivity contribution in [2.24, 2.45) is 0 Å². The minimum absolute atomic E-state index is 0.160. The van der Waals surface area contributed by atoms with Crippen LogP contribution in [-0.4, -0.2) is 18.5 Å². The second kappa shape index (κ2) is 11.7. The van der Waals surface area contributed by atoms with Crippen molar-refractivity contribution < 1.29 is 19.1 Å². The quantitative estimate of drug-likeness (QED) is 0.187. The summed E-state index contributed by atoms with van der Waals surface area (Å²) in [6.45, 7) is 5.43. The van der Waals surface area contributed by atoms with Crippen molar-refractivity contribution in [2.45, 2.75) is 26.4 Å². The lowest BCUT2D eigenvalue weighted by Crippen LogP contribution is -2.25. The van der Waals surface area contributed by atoms with E-state index >= 15 is 0 Å². The maximum Gasteiger partial charge on any atom is 0.333 e. The van der Waals surface area contributed by atoms with Gasteiger partial charge >= 0.3 is 11.9 Å². The second-order valence-corrected chi connectivity index (χ2v) is 12.0. The summed E-state index contributed by atoms with van der Waals surface area (Å²) in [7, 11) is 0. The minimum atomic E-state index is -2.25. The molecule has 170 valence electrons. The highest BCUT2D eigenvalue weighted by atomic mass is 32.4. The summed E-state index contributed by atoms with van der Waals surface area (Å²) < 4.78 is 10.4. The Morgan fingerprint density at radius 3 is 2.00 bits per heavy atom. The Kier molecular flexibility index (Phi) is 8.76. The van der Waals surface area contributed by atoms with Crippen LogP contribution in [0.4, 0.5) is 0 Å².